The molecule has 0 aliphatic carbocycles. The summed E-state index contributed by atoms with van der Waals surface area (Å²) in [5.41, 5.74) is 6.80. The minimum Gasteiger partial charge on any atom is -0.508 e. The average molecular weight is 417 g/mol. The summed E-state index contributed by atoms with van der Waals surface area (Å²) in [7, 11) is 1.20. The molecular weight excluding hydrogens is 390 g/mol. The predicted octanol–water partition coefficient (Wildman–Crippen LogP) is 3.01. The van der Waals surface area contributed by atoms with Crippen molar-refractivity contribution in [3.63, 3.8) is 0 Å². The number of carbonyl (C=O) groups is 2. The number of ether oxygens (including phenoxy) is 2. The van der Waals surface area contributed by atoms with Gasteiger partial charge in [0.2, 0.25) is 0 Å². The fourth-order valence-corrected chi connectivity index (χ4v) is 3.17. The van der Waals surface area contributed by atoms with Crippen LogP contribution >= 0.6 is 0 Å². The molecule has 0 bridgehead atoms. The lowest BCUT2D eigenvalue weighted by atomic mass is 9.96. The van der Waals surface area contributed by atoms with Crippen molar-refractivity contribution < 1.29 is 34.4 Å². The number of hydrogen-bond acceptors (Lipinski definition) is 8. The van der Waals surface area contributed by atoms with Gasteiger partial charge in [-0.05, 0) is 56.9 Å². The monoisotopic (exact) mass is 417 g/mol. The molecule has 1 atom stereocenters. The Labute approximate surface area is 174 Å². The van der Waals surface area contributed by atoms with Crippen LogP contribution < -0.4 is 10.5 Å². The van der Waals surface area contributed by atoms with Crippen molar-refractivity contribution in [3.05, 3.63) is 45.5 Å². The Hall–Kier alpha value is -3.26. The number of esters is 2. The number of phenolic OH excluding ortho intramolecular Hbond substituents is 3. The van der Waals surface area contributed by atoms with Crippen molar-refractivity contribution >= 4 is 11.9 Å². The number of phenols is 3. The van der Waals surface area contributed by atoms with E-state index in [2.05, 4.69) is 4.74 Å². The number of hydrogen-bond donors (Lipinski definition) is 4. The molecule has 0 fully saturated rings. The van der Waals surface area contributed by atoms with Crippen LogP contribution in [0.25, 0.3) is 0 Å². The van der Waals surface area contributed by atoms with Gasteiger partial charge in [-0.25, -0.2) is 9.59 Å². The molecule has 1 unspecified atom stereocenters. The van der Waals surface area contributed by atoms with Gasteiger partial charge < -0.3 is 30.5 Å². The standard InChI is InChI=1S/C22H27NO7/c1-6-13(23)9-14-15(24)7-10(2)18(20(14)26)22(28)30-16-8-11(3)17(21(27)29-5)19(25)12(16)4/h7-8,13,24-26H,6,9,23H2,1-5H3. The van der Waals surface area contributed by atoms with Crippen molar-refractivity contribution in [2.24, 2.45) is 5.73 Å². The summed E-state index contributed by atoms with van der Waals surface area (Å²) < 4.78 is 10.1. The van der Waals surface area contributed by atoms with E-state index in [0.29, 0.717) is 17.5 Å². The van der Waals surface area contributed by atoms with Crippen molar-refractivity contribution in [3.8, 4) is 23.0 Å². The highest BCUT2D eigenvalue weighted by atomic mass is 16.5. The van der Waals surface area contributed by atoms with E-state index in [4.69, 9.17) is 10.5 Å². The molecule has 0 saturated carbocycles. The molecule has 2 aromatic carbocycles. The van der Waals surface area contributed by atoms with Gasteiger partial charge in [-0.2, -0.15) is 0 Å². The Bertz CT molecular complexity index is 998. The molecule has 0 radical (unpaired) electrons. The fraction of sp³-hybridized carbons (Fsp3) is 0.364. The first-order valence-electron chi connectivity index (χ1n) is 9.46. The lowest BCUT2D eigenvalue weighted by Crippen LogP contribution is -2.22. The molecule has 0 aliphatic rings. The zero-order valence-corrected chi connectivity index (χ0v) is 17.7. The first-order chi connectivity index (χ1) is 14.0. The molecule has 0 saturated heterocycles. The molecule has 2 rings (SSSR count). The summed E-state index contributed by atoms with van der Waals surface area (Å²) in [4.78, 5) is 24.7. The van der Waals surface area contributed by atoms with E-state index in [0.717, 1.165) is 0 Å². The zero-order valence-electron chi connectivity index (χ0n) is 17.7. The van der Waals surface area contributed by atoms with E-state index >= 15 is 0 Å². The van der Waals surface area contributed by atoms with Gasteiger partial charge in [-0.3, -0.25) is 0 Å². The average Bonchev–Trinajstić information content (AvgIpc) is 2.68. The molecule has 5 N–H and O–H groups in total. The van der Waals surface area contributed by atoms with Crippen molar-refractivity contribution in [1.82, 2.24) is 0 Å². The van der Waals surface area contributed by atoms with E-state index in [1.807, 2.05) is 6.92 Å². The summed E-state index contributed by atoms with van der Waals surface area (Å²) >= 11 is 0. The van der Waals surface area contributed by atoms with Crippen molar-refractivity contribution in [2.45, 2.75) is 46.6 Å². The molecule has 0 heterocycles. The fourth-order valence-electron chi connectivity index (χ4n) is 3.17. The van der Waals surface area contributed by atoms with E-state index in [1.165, 1.54) is 26.2 Å². The maximum Gasteiger partial charge on any atom is 0.347 e. The highest BCUT2D eigenvalue weighted by Crippen LogP contribution is 2.37. The van der Waals surface area contributed by atoms with Gasteiger partial charge in [0.05, 0.1) is 7.11 Å². The van der Waals surface area contributed by atoms with Gasteiger partial charge >= 0.3 is 11.9 Å². The van der Waals surface area contributed by atoms with Crippen LogP contribution in [0.15, 0.2) is 12.1 Å². The molecule has 0 amide bonds. The SMILES string of the molecule is CCC(N)Cc1c(O)cc(C)c(C(=O)Oc2cc(C)c(C(=O)OC)c(O)c2C)c1O. The summed E-state index contributed by atoms with van der Waals surface area (Å²) in [6.07, 6.45) is 0.804. The number of aromatic hydroxyl groups is 3. The van der Waals surface area contributed by atoms with Gasteiger partial charge in [-0.15, -0.1) is 0 Å². The van der Waals surface area contributed by atoms with Crippen LogP contribution in [-0.2, 0) is 11.2 Å². The van der Waals surface area contributed by atoms with Crippen LogP contribution in [0.3, 0.4) is 0 Å². The van der Waals surface area contributed by atoms with Crippen LogP contribution in [0.2, 0.25) is 0 Å². The van der Waals surface area contributed by atoms with E-state index < -0.39 is 17.7 Å². The molecule has 2 aromatic rings. The predicted molar refractivity (Wildman–Crippen MR) is 110 cm³/mol. The molecule has 0 aromatic heterocycles. The highest BCUT2D eigenvalue weighted by Gasteiger charge is 2.26. The van der Waals surface area contributed by atoms with Crippen molar-refractivity contribution in [1.29, 1.82) is 0 Å². The van der Waals surface area contributed by atoms with Gasteiger partial charge in [0.25, 0.3) is 0 Å². The maximum atomic E-state index is 12.9. The molecule has 30 heavy (non-hydrogen) atoms. The van der Waals surface area contributed by atoms with Crippen LogP contribution in [0.5, 0.6) is 23.0 Å². The molecule has 0 spiro atoms. The number of methoxy groups -OCH3 is 1. The smallest absolute Gasteiger partial charge is 0.347 e. The summed E-state index contributed by atoms with van der Waals surface area (Å²) in [6, 6.07) is 2.49. The van der Waals surface area contributed by atoms with Crippen LogP contribution in [0, 0.1) is 20.8 Å². The first kappa shape index (κ1) is 23.0. The van der Waals surface area contributed by atoms with E-state index in [-0.39, 0.29) is 52.0 Å². The second kappa shape index (κ2) is 9.04. The zero-order chi connectivity index (χ0) is 22.7. The van der Waals surface area contributed by atoms with Gasteiger partial charge in [0.15, 0.2) is 0 Å². The van der Waals surface area contributed by atoms with Crippen molar-refractivity contribution in [2.75, 3.05) is 7.11 Å². The number of aryl methyl sites for hydroxylation is 2. The highest BCUT2D eigenvalue weighted by molar-refractivity contribution is 5.98. The quantitative estimate of drug-likeness (QED) is 0.415. The van der Waals surface area contributed by atoms with E-state index in [9.17, 15) is 24.9 Å². The van der Waals surface area contributed by atoms with Crippen LogP contribution in [0.4, 0.5) is 0 Å². The third-order valence-electron chi connectivity index (χ3n) is 5.07. The third kappa shape index (κ3) is 4.33. The molecule has 162 valence electrons. The molecule has 8 heteroatoms. The molecular formula is C22H27NO7. The number of rotatable bonds is 6. The van der Waals surface area contributed by atoms with Crippen LogP contribution in [-0.4, -0.2) is 40.4 Å². The van der Waals surface area contributed by atoms with E-state index in [1.54, 1.807) is 13.8 Å². The van der Waals surface area contributed by atoms with Gasteiger partial charge in [0, 0.05) is 17.2 Å². The molecule has 0 aliphatic heterocycles. The second-order valence-corrected chi connectivity index (χ2v) is 7.21. The normalized spacial score (nSPS) is 11.8. The Morgan fingerprint density at radius 2 is 1.57 bits per heavy atom. The third-order valence-corrected chi connectivity index (χ3v) is 5.07. The topological polar surface area (TPSA) is 139 Å². The van der Waals surface area contributed by atoms with Gasteiger partial charge in [-0.1, -0.05) is 6.92 Å². The summed E-state index contributed by atoms with van der Waals surface area (Å²) in [5, 5.41) is 31.2. The van der Waals surface area contributed by atoms with Crippen LogP contribution in [0.1, 0.15) is 56.3 Å². The minimum atomic E-state index is -0.871. The Morgan fingerprint density at radius 3 is 2.13 bits per heavy atom. The second-order valence-electron chi connectivity index (χ2n) is 7.21. The largest absolute Gasteiger partial charge is 0.508 e. The first-order valence-corrected chi connectivity index (χ1v) is 9.46. The Balaban J connectivity index is 2.48. The Kier molecular flexibility index (Phi) is 6.94. The maximum absolute atomic E-state index is 12.9. The number of carbonyl (C=O) groups excluding carboxylic acids is 2. The lowest BCUT2D eigenvalue weighted by Gasteiger charge is -2.18. The Morgan fingerprint density at radius 1 is 1.00 bits per heavy atom. The summed E-state index contributed by atoms with van der Waals surface area (Å²) in [6.45, 7) is 6.47. The molecule has 8 nitrogen and oxygen atoms in total. The lowest BCUT2D eigenvalue weighted by molar-refractivity contribution is 0.0596. The number of benzene rings is 2. The number of nitrogens with two attached hydrogens (primary N) is 1. The minimum absolute atomic E-state index is 0.0192. The van der Waals surface area contributed by atoms with Gasteiger partial charge in [0.1, 0.15) is 34.1 Å². The summed E-state index contributed by atoms with van der Waals surface area (Å²) in [5.74, 6) is -2.46.